The summed E-state index contributed by atoms with van der Waals surface area (Å²) in [6.07, 6.45) is 1.15. The van der Waals surface area contributed by atoms with Crippen LogP contribution in [0, 0.1) is 11.3 Å². The fourth-order valence-electron chi connectivity index (χ4n) is 3.12. The first-order valence-corrected chi connectivity index (χ1v) is 7.14. The Labute approximate surface area is 119 Å². The van der Waals surface area contributed by atoms with E-state index >= 15 is 0 Å². The molecule has 2 fully saturated rings. The van der Waals surface area contributed by atoms with Gasteiger partial charge in [0.2, 0.25) is 0 Å². The highest BCUT2D eigenvalue weighted by Gasteiger charge is 2.29. The molecular weight excluding hydrogens is 252 g/mol. The van der Waals surface area contributed by atoms with Crippen LogP contribution in [0.25, 0.3) is 0 Å². The van der Waals surface area contributed by atoms with Crippen molar-refractivity contribution in [2.45, 2.75) is 12.5 Å². The third-order valence-electron chi connectivity index (χ3n) is 4.21. The van der Waals surface area contributed by atoms with E-state index in [9.17, 15) is 5.26 Å². The number of hydrogen-bond donors (Lipinski definition) is 1. The molecule has 0 aromatic heterocycles. The quantitative estimate of drug-likeness (QED) is 0.815. The molecule has 3 rings (SSSR count). The molecular formula is C15H20N4O. The minimum atomic E-state index is 0.572. The van der Waals surface area contributed by atoms with Crippen molar-refractivity contribution in [1.82, 2.24) is 4.90 Å². The second kappa shape index (κ2) is 5.70. The van der Waals surface area contributed by atoms with Gasteiger partial charge in [-0.15, -0.1) is 0 Å². The number of nitriles is 1. The second-order valence-corrected chi connectivity index (χ2v) is 5.43. The molecule has 2 N–H and O–H groups in total. The van der Waals surface area contributed by atoms with Crippen LogP contribution in [0.3, 0.4) is 0 Å². The Morgan fingerprint density at radius 3 is 2.80 bits per heavy atom. The second-order valence-electron chi connectivity index (χ2n) is 5.43. The standard InChI is InChI=1S/C15H20N4O/c16-10-12-9-13(17)1-2-15(12)19-4-3-14(11-19)18-5-7-20-8-6-18/h1-2,9,14H,3-8,11,17H2. The fraction of sp³-hybridized carbons (Fsp3) is 0.533. The summed E-state index contributed by atoms with van der Waals surface area (Å²) < 4.78 is 5.41. The maximum atomic E-state index is 9.26. The molecule has 0 saturated carbocycles. The van der Waals surface area contributed by atoms with E-state index in [1.807, 2.05) is 12.1 Å². The third-order valence-corrected chi connectivity index (χ3v) is 4.21. The summed E-state index contributed by atoms with van der Waals surface area (Å²) in [5.74, 6) is 0. The molecule has 2 aliphatic heterocycles. The molecule has 1 aromatic carbocycles. The number of nitrogens with two attached hydrogens (primary N) is 1. The average Bonchev–Trinajstić information content (AvgIpc) is 2.97. The highest BCUT2D eigenvalue weighted by atomic mass is 16.5. The van der Waals surface area contributed by atoms with Crippen LogP contribution in [0.5, 0.6) is 0 Å². The molecule has 1 aromatic rings. The highest BCUT2D eigenvalue weighted by molar-refractivity contribution is 5.64. The average molecular weight is 272 g/mol. The SMILES string of the molecule is N#Cc1cc(N)ccc1N1CCC(N2CCOCC2)C1. The lowest BCUT2D eigenvalue weighted by atomic mass is 10.1. The van der Waals surface area contributed by atoms with Gasteiger partial charge in [-0.05, 0) is 24.6 Å². The molecule has 0 radical (unpaired) electrons. The van der Waals surface area contributed by atoms with Crippen molar-refractivity contribution in [3.63, 3.8) is 0 Å². The smallest absolute Gasteiger partial charge is 0.101 e. The molecule has 0 aliphatic carbocycles. The topological polar surface area (TPSA) is 65.5 Å². The lowest BCUT2D eigenvalue weighted by Crippen LogP contribution is -2.44. The Balaban J connectivity index is 1.72. The lowest BCUT2D eigenvalue weighted by Gasteiger charge is -2.32. The molecule has 1 atom stereocenters. The molecule has 0 amide bonds. The summed E-state index contributed by atoms with van der Waals surface area (Å²) in [6.45, 7) is 5.69. The van der Waals surface area contributed by atoms with Crippen molar-refractivity contribution in [2.24, 2.45) is 0 Å². The molecule has 2 aliphatic rings. The van der Waals surface area contributed by atoms with Crippen molar-refractivity contribution in [3.8, 4) is 6.07 Å². The Bertz CT molecular complexity index is 519. The minimum Gasteiger partial charge on any atom is -0.399 e. The van der Waals surface area contributed by atoms with Crippen LogP contribution in [0.1, 0.15) is 12.0 Å². The predicted molar refractivity (Wildman–Crippen MR) is 78.6 cm³/mol. The van der Waals surface area contributed by atoms with E-state index in [0.717, 1.165) is 51.5 Å². The third kappa shape index (κ3) is 2.58. The monoisotopic (exact) mass is 272 g/mol. The van der Waals surface area contributed by atoms with E-state index in [1.54, 1.807) is 6.07 Å². The van der Waals surface area contributed by atoms with E-state index in [1.165, 1.54) is 0 Å². The number of nitrogen functional groups attached to an aromatic ring is 1. The number of benzene rings is 1. The van der Waals surface area contributed by atoms with Crippen LogP contribution in [0.4, 0.5) is 11.4 Å². The highest BCUT2D eigenvalue weighted by Crippen LogP contribution is 2.27. The number of anilines is 2. The van der Waals surface area contributed by atoms with Crippen molar-refractivity contribution < 1.29 is 4.74 Å². The van der Waals surface area contributed by atoms with Gasteiger partial charge in [0, 0.05) is 37.9 Å². The Kier molecular flexibility index (Phi) is 3.77. The van der Waals surface area contributed by atoms with Crippen LogP contribution in [0.15, 0.2) is 18.2 Å². The first kappa shape index (κ1) is 13.2. The van der Waals surface area contributed by atoms with Crippen molar-refractivity contribution in [2.75, 3.05) is 50.0 Å². The van der Waals surface area contributed by atoms with E-state index < -0.39 is 0 Å². The Hall–Kier alpha value is -1.77. The number of ether oxygens (including phenoxy) is 1. The zero-order valence-corrected chi connectivity index (χ0v) is 11.6. The van der Waals surface area contributed by atoms with Crippen LogP contribution in [-0.2, 0) is 4.74 Å². The molecule has 1 unspecified atom stereocenters. The van der Waals surface area contributed by atoms with Gasteiger partial charge in [-0.1, -0.05) is 0 Å². The number of nitrogens with zero attached hydrogens (tertiary/aromatic N) is 3. The van der Waals surface area contributed by atoms with Crippen LogP contribution < -0.4 is 10.6 Å². The maximum absolute atomic E-state index is 9.26. The number of hydrogen-bond acceptors (Lipinski definition) is 5. The van der Waals surface area contributed by atoms with Gasteiger partial charge in [0.1, 0.15) is 6.07 Å². The van der Waals surface area contributed by atoms with Gasteiger partial charge in [-0.2, -0.15) is 5.26 Å². The largest absolute Gasteiger partial charge is 0.399 e. The summed E-state index contributed by atoms with van der Waals surface area (Å²) in [5.41, 5.74) is 8.09. The van der Waals surface area contributed by atoms with Crippen LogP contribution >= 0.6 is 0 Å². The lowest BCUT2D eigenvalue weighted by molar-refractivity contribution is 0.0209. The Morgan fingerprint density at radius 2 is 2.05 bits per heavy atom. The van der Waals surface area contributed by atoms with Gasteiger partial charge < -0.3 is 15.4 Å². The molecule has 5 heteroatoms. The Morgan fingerprint density at radius 1 is 1.25 bits per heavy atom. The van der Waals surface area contributed by atoms with Crippen molar-refractivity contribution >= 4 is 11.4 Å². The molecule has 2 saturated heterocycles. The number of rotatable bonds is 2. The van der Waals surface area contributed by atoms with Crippen molar-refractivity contribution in [1.29, 1.82) is 5.26 Å². The summed E-state index contributed by atoms with van der Waals surface area (Å²) >= 11 is 0. The molecule has 20 heavy (non-hydrogen) atoms. The fourth-order valence-corrected chi connectivity index (χ4v) is 3.12. The predicted octanol–water partition coefficient (Wildman–Crippen LogP) is 1.05. The molecule has 0 spiro atoms. The van der Waals surface area contributed by atoms with Gasteiger partial charge >= 0.3 is 0 Å². The van der Waals surface area contributed by atoms with E-state index in [-0.39, 0.29) is 0 Å². The molecule has 0 bridgehead atoms. The summed E-state index contributed by atoms with van der Waals surface area (Å²) in [4.78, 5) is 4.81. The molecule has 106 valence electrons. The zero-order chi connectivity index (χ0) is 13.9. The van der Waals surface area contributed by atoms with Crippen LogP contribution in [0.2, 0.25) is 0 Å². The summed E-state index contributed by atoms with van der Waals surface area (Å²) in [6, 6.07) is 8.43. The van der Waals surface area contributed by atoms with Gasteiger partial charge in [-0.3, -0.25) is 4.90 Å². The van der Waals surface area contributed by atoms with Crippen LogP contribution in [-0.4, -0.2) is 50.3 Å². The first-order valence-electron chi connectivity index (χ1n) is 7.14. The van der Waals surface area contributed by atoms with Gasteiger partial charge in [-0.25, -0.2) is 0 Å². The molecule has 2 heterocycles. The van der Waals surface area contributed by atoms with E-state index in [2.05, 4.69) is 15.9 Å². The minimum absolute atomic E-state index is 0.572. The molecule has 5 nitrogen and oxygen atoms in total. The van der Waals surface area contributed by atoms with Gasteiger partial charge in [0.15, 0.2) is 0 Å². The normalized spacial score (nSPS) is 23.8. The van der Waals surface area contributed by atoms with Gasteiger partial charge in [0.25, 0.3) is 0 Å². The van der Waals surface area contributed by atoms with Gasteiger partial charge in [0.05, 0.1) is 24.5 Å². The first-order chi connectivity index (χ1) is 9.78. The zero-order valence-electron chi connectivity index (χ0n) is 11.6. The van der Waals surface area contributed by atoms with Crippen molar-refractivity contribution in [3.05, 3.63) is 23.8 Å². The number of morpholine rings is 1. The maximum Gasteiger partial charge on any atom is 0.101 e. The van der Waals surface area contributed by atoms with E-state index in [0.29, 0.717) is 17.3 Å². The van der Waals surface area contributed by atoms with E-state index in [4.69, 9.17) is 10.5 Å². The summed E-state index contributed by atoms with van der Waals surface area (Å²) in [7, 11) is 0. The summed E-state index contributed by atoms with van der Waals surface area (Å²) in [5, 5.41) is 9.26.